The van der Waals surface area contributed by atoms with E-state index in [-0.39, 0.29) is 25.7 Å². The van der Waals surface area contributed by atoms with Crippen LogP contribution in [0.5, 0.6) is 0 Å². The van der Waals surface area contributed by atoms with Crippen LogP contribution < -0.4 is 23.7 Å². The van der Waals surface area contributed by atoms with Gasteiger partial charge in [0.25, 0.3) is 0 Å². The van der Waals surface area contributed by atoms with E-state index in [0.717, 1.165) is 10.9 Å². The summed E-state index contributed by atoms with van der Waals surface area (Å²) in [5.41, 5.74) is 1.000. The maximum absolute atomic E-state index is 5.25. The summed E-state index contributed by atoms with van der Waals surface area (Å²) in [5.74, 6) is 0. The van der Waals surface area contributed by atoms with E-state index in [2.05, 4.69) is 6.20 Å². The molecule has 14 heavy (non-hydrogen) atoms. The van der Waals surface area contributed by atoms with Crippen molar-refractivity contribution in [2.24, 2.45) is 0 Å². The molecule has 2 aromatic rings. The van der Waals surface area contributed by atoms with Crippen molar-refractivity contribution in [3.05, 3.63) is 36.5 Å². The zero-order chi connectivity index (χ0) is 9.10. The number of fused-ring (bicyclic) bond motifs is 1. The monoisotopic (exact) mass is 183 g/mol. The molecule has 0 fully saturated rings. The SMILES string of the molecule is COCOn1[c-]cc2ccccc21.[Li+]. The standard InChI is InChI=1S/C10H10NO2.Li/c1-12-8-13-11-7-6-9-4-2-3-5-10(9)11;/h2-6H,8H2,1H3;/q-1;+1. The average molecular weight is 183 g/mol. The fourth-order valence-electron chi connectivity index (χ4n) is 1.20. The molecule has 0 saturated carbocycles. The van der Waals surface area contributed by atoms with Crippen LogP contribution in [-0.2, 0) is 4.74 Å². The van der Waals surface area contributed by atoms with Crippen molar-refractivity contribution in [2.45, 2.75) is 0 Å². The minimum atomic E-state index is 0. The summed E-state index contributed by atoms with van der Waals surface area (Å²) in [6, 6.07) is 9.81. The molecule has 1 aromatic carbocycles. The van der Waals surface area contributed by atoms with Crippen molar-refractivity contribution in [2.75, 3.05) is 13.9 Å². The summed E-state index contributed by atoms with van der Waals surface area (Å²) in [6.45, 7) is 0.231. The van der Waals surface area contributed by atoms with Gasteiger partial charge in [0, 0.05) is 7.11 Å². The Morgan fingerprint density at radius 1 is 1.36 bits per heavy atom. The number of hydrogen-bond donors (Lipinski definition) is 0. The zero-order valence-electron chi connectivity index (χ0n) is 8.36. The van der Waals surface area contributed by atoms with Crippen LogP contribution in [-0.4, -0.2) is 18.6 Å². The van der Waals surface area contributed by atoms with Crippen LogP contribution in [0, 0.1) is 6.20 Å². The van der Waals surface area contributed by atoms with Gasteiger partial charge in [-0.1, -0.05) is 23.8 Å². The van der Waals surface area contributed by atoms with E-state index in [4.69, 9.17) is 9.57 Å². The predicted octanol–water partition coefficient (Wildman–Crippen LogP) is -1.52. The molecule has 0 saturated heterocycles. The first-order valence-electron chi connectivity index (χ1n) is 4.02. The summed E-state index contributed by atoms with van der Waals surface area (Å²) in [6.07, 6.45) is 2.96. The van der Waals surface area contributed by atoms with E-state index in [9.17, 15) is 0 Å². The molecule has 4 heteroatoms. The van der Waals surface area contributed by atoms with Gasteiger partial charge < -0.3 is 14.3 Å². The fraction of sp³-hybridized carbons (Fsp3) is 0.200. The Hall–Kier alpha value is -0.883. The topological polar surface area (TPSA) is 23.4 Å². The van der Waals surface area contributed by atoms with E-state index in [1.807, 2.05) is 30.3 Å². The van der Waals surface area contributed by atoms with E-state index < -0.39 is 0 Å². The third-order valence-corrected chi connectivity index (χ3v) is 1.79. The molecule has 0 aliphatic rings. The van der Waals surface area contributed by atoms with Crippen LogP contribution in [0.2, 0.25) is 0 Å². The smallest absolute Gasteiger partial charge is 0.409 e. The van der Waals surface area contributed by atoms with Gasteiger partial charge in [0.1, 0.15) is 0 Å². The number of aromatic nitrogens is 1. The molecule has 0 amide bonds. The van der Waals surface area contributed by atoms with Gasteiger partial charge in [0.05, 0.1) is 0 Å². The van der Waals surface area contributed by atoms with Crippen molar-refractivity contribution >= 4 is 10.9 Å². The minimum absolute atomic E-state index is 0. The molecule has 1 heterocycles. The minimum Gasteiger partial charge on any atom is -0.409 e. The maximum atomic E-state index is 5.25. The second kappa shape index (κ2) is 5.11. The third kappa shape index (κ3) is 2.13. The number of ether oxygens (including phenoxy) is 1. The molecule has 3 nitrogen and oxygen atoms in total. The van der Waals surface area contributed by atoms with Crippen LogP contribution in [0.15, 0.2) is 30.3 Å². The number of hydrogen-bond acceptors (Lipinski definition) is 2. The molecule has 0 bridgehead atoms. The predicted molar refractivity (Wildman–Crippen MR) is 49.2 cm³/mol. The molecule has 0 spiro atoms. The fourth-order valence-corrected chi connectivity index (χ4v) is 1.20. The van der Waals surface area contributed by atoms with E-state index in [1.165, 1.54) is 0 Å². The van der Waals surface area contributed by atoms with Crippen molar-refractivity contribution < 1.29 is 28.4 Å². The Balaban J connectivity index is 0.000000980. The quantitative estimate of drug-likeness (QED) is 0.328. The second-order valence-electron chi connectivity index (χ2n) is 2.66. The van der Waals surface area contributed by atoms with Gasteiger partial charge in [-0.05, 0) is 0 Å². The van der Waals surface area contributed by atoms with E-state index in [0.29, 0.717) is 0 Å². The van der Waals surface area contributed by atoms with Gasteiger partial charge in [0.15, 0.2) is 0 Å². The van der Waals surface area contributed by atoms with Crippen LogP contribution in [0.3, 0.4) is 0 Å². The van der Waals surface area contributed by atoms with Crippen LogP contribution in [0.25, 0.3) is 10.9 Å². The Bertz CT molecular complexity index is 400. The molecule has 1 aromatic heterocycles. The summed E-state index contributed by atoms with van der Waals surface area (Å²) >= 11 is 0. The van der Waals surface area contributed by atoms with Crippen LogP contribution >= 0.6 is 0 Å². The van der Waals surface area contributed by atoms with Crippen molar-refractivity contribution in [3.8, 4) is 0 Å². The molecule has 0 aliphatic heterocycles. The van der Waals surface area contributed by atoms with Gasteiger partial charge >= 0.3 is 18.9 Å². The Labute approximate surface area is 94.7 Å². The second-order valence-corrected chi connectivity index (χ2v) is 2.66. The van der Waals surface area contributed by atoms with Gasteiger partial charge in [-0.25, -0.2) is 0 Å². The summed E-state index contributed by atoms with van der Waals surface area (Å²) in [4.78, 5) is 5.25. The first kappa shape index (κ1) is 11.2. The third-order valence-electron chi connectivity index (χ3n) is 1.79. The normalized spacial score (nSPS) is 9.79. The number of rotatable bonds is 3. The molecule has 2 rings (SSSR count). The summed E-state index contributed by atoms with van der Waals surface area (Å²) < 4.78 is 6.38. The van der Waals surface area contributed by atoms with E-state index in [1.54, 1.807) is 11.8 Å². The van der Waals surface area contributed by atoms with Crippen molar-refractivity contribution in [3.63, 3.8) is 0 Å². The number of para-hydroxylation sites is 1. The first-order chi connectivity index (χ1) is 6.42. The summed E-state index contributed by atoms with van der Waals surface area (Å²) in [5, 5.41) is 1.11. The molecule has 0 aliphatic carbocycles. The van der Waals surface area contributed by atoms with Crippen molar-refractivity contribution in [1.29, 1.82) is 0 Å². The number of benzene rings is 1. The molecule has 68 valence electrons. The molecule has 0 atom stereocenters. The molecular formula is C10H10LiNO2. The molecular weight excluding hydrogens is 173 g/mol. The van der Waals surface area contributed by atoms with Gasteiger partial charge in [-0.2, -0.15) is 11.5 Å². The molecule has 0 unspecified atom stereocenters. The zero-order valence-corrected chi connectivity index (χ0v) is 8.36. The first-order valence-corrected chi connectivity index (χ1v) is 4.02. The molecule has 0 radical (unpaired) electrons. The number of nitrogens with zero attached hydrogens (tertiary/aromatic N) is 1. The van der Waals surface area contributed by atoms with Gasteiger partial charge in [0.2, 0.25) is 6.79 Å². The number of methoxy groups -OCH3 is 1. The maximum Gasteiger partial charge on any atom is 1.00 e. The van der Waals surface area contributed by atoms with Crippen LogP contribution in [0.1, 0.15) is 0 Å². The Kier molecular flexibility index (Phi) is 4.09. The van der Waals surface area contributed by atoms with E-state index >= 15 is 0 Å². The van der Waals surface area contributed by atoms with Crippen LogP contribution in [0.4, 0.5) is 0 Å². The summed E-state index contributed by atoms with van der Waals surface area (Å²) in [7, 11) is 1.59. The Morgan fingerprint density at radius 2 is 2.14 bits per heavy atom. The van der Waals surface area contributed by atoms with Gasteiger partial charge in [-0.3, -0.25) is 0 Å². The largest absolute Gasteiger partial charge is 1.00 e. The van der Waals surface area contributed by atoms with Crippen molar-refractivity contribution in [1.82, 2.24) is 4.73 Å². The van der Waals surface area contributed by atoms with Gasteiger partial charge in [-0.15, -0.1) is 12.1 Å². The molecule has 0 N–H and O–H groups in total. The Morgan fingerprint density at radius 3 is 2.93 bits per heavy atom. The average Bonchev–Trinajstić information content (AvgIpc) is 2.58.